The number of carbonyl (C=O) groups excluding carboxylic acids is 1. The highest BCUT2D eigenvalue weighted by Gasteiger charge is 2.17. The van der Waals surface area contributed by atoms with Crippen molar-refractivity contribution in [1.82, 2.24) is 15.5 Å². The topological polar surface area (TPSA) is 95.7 Å². The average molecular weight is 445 g/mol. The summed E-state index contributed by atoms with van der Waals surface area (Å²) in [6.07, 6.45) is 0. The van der Waals surface area contributed by atoms with Crippen molar-refractivity contribution in [1.29, 1.82) is 0 Å². The second kappa shape index (κ2) is 9.69. The van der Waals surface area contributed by atoms with E-state index in [0.29, 0.717) is 30.5 Å². The van der Waals surface area contributed by atoms with Gasteiger partial charge in [0, 0.05) is 0 Å². The lowest BCUT2D eigenvalue weighted by Crippen LogP contribution is -2.28. The van der Waals surface area contributed by atoms with Gasteiger partial charge in [-0.05, 0) is 48.9 Å². The second-order valence-corrected chi connectivity index (χ2v) is 7.61. The van der Waals surface area contributed by atoms with Crippen LogP contribution in [0, 0.1) is 5.82 Å². The summed E-state index contributed by atoms with van der Waals surface area (Å²) in [5.74, 6) is 1.74. The Kier molecular flexibility index (Phi) is 6.56. The number of nitrogens with one attached hydrogen (secondary N) is 1. The number of hydrogen-bond acceptors (Lipinski definition) is 8. The molecule has 0 fully saturated rings. The molecular weight excluding hydrogens is 425 g/mol. The molecular formula is C21H20FN3O5S. The van der Waals surface area contributed by atoms with Gasteiger partial charge in [0.2, 0.25) is 5.91 Å². The van der Waals surface area contributed by atoms with Crippen molar-refractivity contribution >= 4 is 17.7 Å². The molecule has 31 heavy (non-hydrogen) atoms. The van der Waals surface area contributed by atoms with E-state index in [2.05, 4.69) is 15.5 Å². The second-order valence-electron chi connectivity index (χ2n) is 6.69. The Bertz CT molecular complexity index is 1040. The number of halogens is 1. The maximum atomic E-state index is 12.9. The lowest BCUT2D eigenvalue weighted by atomic mass is 10.1. The van der Waals surface area contributed by atoms with Crippen LogP contribution in [0.25, 0.3) is 0 Å². The first-order chi connectivity index (χ1) is 15.1. The number of ether oxygens (including phenoxy) is 3. The van der Waals surface area contributed by atoms with Crippen LogP contribution in [0.4, 0.5) is 4.39 Å². The molecule has 3 aromatic rings. The van der Waals surface area contributed by atoms with Gasteiger partial charge in [0.05, 0.1) is 11.8 Å². The zero-order valence-corrected chi connectivity index (χ0v) is 17.5. The summed E-state index contributed by atoms with van der Waals surface area (Å²) >= 11 is 1.13. The molecule has 0 radical (unpaired) electrons. The highest BCUT2D eigenvalue weighted by Crippen LogP contribution is 2.32. The molecule has 1 aromatic heterocycles. The maximum absolute atomic E-state index is 12.9. The Hall–Kier alpha value is -3.27. The summed E-state index contributed by atoms with van der Waals surface area (Å²) in [7, 11) is 0. The van der Waals surface area contributed by atoms with E-state index >= 15 is 0 Å². The van der Waals surface area contributed by atoms with Gasteiger partial charge in [0.1, 0.15) is 24.8 Å². The molecule has 1 aliphatic rings. The van der Waals surface area contributed by atoms with Gasteiger partial charge in [0.25, 0.3) is 11.1 Å². The van der Waals surface area contributed by atoms with E-state index in [1.165, 1.54) is 24.3 Å². The number of hydrogen-bond donors (Lipinski definition) is 1. The summed E-state index contributed by atoms with van der Waals surface area (Å²) in [5.41, 5.74) is 0.917. The summed E-state index contributed by atoms with van der Waals surface area (Å²) in [5, 5.41) is 11.0. The van der Waals surface area contributed by atoms with E-state index < -0.39 is 0 Å². The summed E-state index contributed by atoms with van der Waals surface area (Å²) in [4.78, 5) is 12.3. The first kappa shape index (κ1) is 21.0. The normalized spacial score (nSPS) is 13.5. The summed E-state index contributed by atoms with van der Waals surface area (Å²) in [6, 6.07) is 11.0. The fourth-order valence-corrected chi connectivity index (χ4v) is 3.45. The molecule has 0 saturated carbocycles. The van der Waals surface area contributed by atoms with Gasteiger partial charge in [-0.3, -0.25) is 4.79 Å². The minimum atomic E-state index is -0.342. The average Bonchev–Trinajstić information content (AvgIpc) is 3.25. The number of rotatable bonds is 8. The number of fused-ring (bicyclic) bond motifs is 1. The zero-order chi connectivity index (χ0) is 21.6. The molecule has 1 N–H and O–H groups in total. The van der Waals surface area contributed by atoms with Crippen molar-refractivity contribution in [2.75, 3.05) is 19.0 Å². The van der Waals surface area contributed by atoms with E-state index in [1.54, 1.807) is 0 Å². The van der Waals surface area contributed by atoms with Crippen LogP contribution in [0.15, 0.2) is 52.1 Å². The standard InChI is InChI=1S/C21H20FN3O5S/c1-13(14-2-7-17-18(10-14)28-9-8-27-17)23-19(26)12-31-21-25-24-20(30-21)11-29-16-5-3-15(22)4-6-16/h2-7,10,13H,8-9,11-12H2,1H3,(H,23,26). The highest BCUT2D eigenvalue weighted by molar-refractivity contribution is 7.99. The molecule has 1 unspecified atom stereocenters. The molecule has 2 aromatic carbocycles. The van der Waals surface area contributed by atoms with Crippen molar-refractivity contribution in [3.63, 3.8) is 0 Å². The smallest absolute Gasteiger partial charge is 0.277 e. The van der Waals surface area contributed by atoms with Crippen molar-refractivity contribution in [3.05, 3.63) is 59.7 Å². The fraction of sp³-hybridized carbons (Fsp3) is 0.286. The van der Waals surface area contributed by atoms with Gasteiger partial charge >= 0.3 is 0 Å². The first-order valence-electron chi connectivity index (χ1n) is 9.59. The largest absolute Gasteiger partial charge is 0.486 e. The van der Waals surface area contributed by atoms with Crippen LogP contribution in [0.1, 0.15) is 24.4 Å². The highest BCUT2D eigenvalue weighted by atomic mass is 32.2. The molecule has 162 valence electrons. The van der Waals surface area contributed by atoms with Gasteiger partial charge in [0.15, 0.2) is 18.1 Å². The third-order valence-corrected chi connectivity index (χ3v) is 5.21. The van der Waals surface area contributed by atoms with E-state index in [9.17, 15) is 9.18 Å². The van der Waals surface area contributed by atoms with Crippen LogP contribution < -0.4 is 19.5 Å². The molecule has 4 rings (SSSR count). The van der Waals surface area contributed by atoms with E-state index in [0.717, 1.165) is 17.3 Å². The lowest BCUT2D eigenvalue weighted by molar-refractivity contribution is -0.119. The Balaban J connectivity index is 1.24. The summed E-state index contributed by atoms with van der Waals surface area (Å²) < 4.78 is 34.9. The molecule has 1 aliphatic heterocycles. The minimum absolute atomic E-state index is 0.0482. The molecule has 0 bridgehead atoms. The van der Waals surface area contributed by atoms with Crippen LogP contribution >= 0.6 is 11.8 Å². The van der Waals surface area contributed by atoms with Crippen LogP contribution in [0.5, 0.6) is 17.2 Å². The quantitative estimate of drug-likeness (QED) is 0.526. The van der Waals surface area contributed by atoms with Crippen LogP contribution in [-0.2, 0) is 11.4 Å². The SMILES string of the molecule is CC(NC(=O)CSc1nnc(COc2ccc(F)cc2)o1)c1ccc2c(c1)OCCO2. The van der Waals surface area contributed by atoms with Gasteiger partial charge in [-0.25, -0.2) is 4.39 Å². The Morgan fingerprint density at radius 1 is 1.16 bits per heavy atom. The molecule has 2 heterocycles. The van der Waals surface area contributed by atoms with Crippen LogP contribution in [0.2, 0.25) is 0 Å². The number of amides is 1. The van der Waals surface area contributed by atoms with Gasteiger partial charge < -0.3 is 23.9 Å². The van der Waals surface area contributed by atoms with Gasteiger partial charge in [-0.1, -0.05) is 17.8 Å². The lowest BCUT2D eigenvalue weighted by Gasteiger charge is -2.21. The molecule has 10 heteroatoms. The third-order valence-electron chi connectivity index (χ3n) is 4.39. The van der Waals surface area contributed by atoms with Gasteiger partial charge in [-0.15, -0.1) is 10.2 Å². The monoisotopic (exact) mass is 445 g/mol. The molecule has 0 spiro atoms. The third kappa shape index (κ3) is 5.66. The Morgan fingerprint density at radius 2 is 1.94 bits per heavy atom. The van der Waals surface area contributed by atoms with Crippen molar-refractivity contribution < 1.29 is 27.8 Å². The van der Waals surface area contributed by atoms with E-state index in [4.69, 9.17) is 18.6 Å². The van der Waals surface area contributed by atoms with Gasteiger partial charge in [-0.2, -0.15) is 0 Å². The number of carbonyl (C=O) groups is 1. The predicted molar refractivity (Wildman–Crippen MR) is 110 cm³/mol. The van der Waals surface area contributed by atoms with Crippen molar-refractivity contribution in [3.8, 4) is 17.2 Å². The minimum Gasteiger partial charge on any atom is -0.486 e. The maximum Gasteiger partial charge on any atom is 0.277 e. The van der Waals surface area contributed by atoms with Crippen LogP contribution in [0.3, 0.4) is 0 Å². The zero-order valence-electron chi connectivity index (χ0n) is 16.7. The summed E-state index contributed by atoms with van der Waals surface area (Å²) in [6.45, 7) is 2.98. The number of thioether (sulfide) groups is 1. The molecule has 1 amide bonds. The van der Waals surface area contributed by atoms with Crippen molar-refractivity contribution in [2.45, 2.75) is 24.8 Å². The predicted octanol–water partition coefficient (Wildman–Crippen LogP) is 3.53. The number of nitrogens with zero attached hydrogens (tertiary/aromatic N) is 2. The fourth-order valence-electron chi connectivity index (χ4n) is 2.85. The Morgan fingerprint density at radius 3 is 2.74 bits per heavy atom. The Labute approximate surface area is 182 Å². The molecule has 0 saturated heterocycles. The molecule has 8 nitrogen and oxygen atoms in total. The molecule has 1 atom stereocenters. The first-order valence-corrected chi connectivity index (χ1v) is 10.6. The number of aromatic nitrogens is 2. The van der Waals surface area contributed by atoms with E-state index in [1.807, 2.05) is 25.1 Å². The number of benzene rings is 2. The molecule has 0 aliphatic carbocycles. The van der Waals surface area contributed by atoms with E-state index in [-0.39, 0.29) is 41.2 Å². The van der Waals surface area contributed by atoms with Crippen molar-refractivity contribution in [2.24, 2.45) is 0 Å². The van der Waals surface area contributed by atoms with Crippen LogP contribution in [-0.4, -0.2) is 35.1 Å².